The molecule has 0 aliphatic heterocycles. The van der Waals surface area contributed by atoms with Crippen molar-refractivity contribution in [2.24, 2.45) is 5.92 Å². The van der Waals surface area contributed by atoms with E-state index in [0.717, 1.165) is 18.8 Å². The minimum absolute atomic E-state index is 0.0636. The Balaban J connectivity index is 2.26. The molecule has 2 atom stereocenters. The van der Waals surface area contributed by atoms with Crippen LogP contribution >= 0.6 is 0 Å². The molecule has 0 bridgehead atoms. The molecular weight excluding hydrogens is 424 g/mol. The molecule has 0 aromatic rings. The first kappa shape index (κ1) is 27.8. The monoisotopic (exact) mass is 476 g/mol. The average Bonchev–Trinajstić information content (AvgIpc) is 2.63. The van der Waals surface area contributed by atoms with Crippen molar-refractivity contribution in [3.8, 4) is 0 Å². The van der Waals surface area contributed by atoms with Gasteiger partial charge in [-0.2, -0.15) is 0 Å². The summed E-state index contributed by atoms with van der Waals surface area (Å²) in [6, 6.07) is 0. The Bertz CT molecular complexity index is 698. The van der Waals surface area contributed by atoms with Crippen LogP contribution in [0.4, 0.5) is 0 Å². The zero-order valence-electron chi connectivity index (χ0n) is 22.9. The van der Waals surface area contributed by atoms with Gasteiger partial charge < -0.3 is 8.85 Å². The SMILES string of the molecule is C=C1/C(=C\C=C\C2CCCCC2)C[C@@H](O[Si](C)(C)C(C)(C)C)C[C@@H]1O[Si](C)(C)C(C)(C)C. The highest BCUT2D eigenvalue weighted by molar-refractivity contribution is 6.74. The van der Waals surface area contributed by atoms with Gasteiger partial charge in [-0.05, 0) is 72.6 Å². The van der Waals surface area contributed by atoms with Crippen LogP contribution in [0.5, 0.6) is 0 Å². The third kappa shape index (κ3) is 7.28. The molecule has 0 aromatic carbocycles. The van der Waals surface area contributed by atoms with Crippen molar-refractivity contribution in [2.75, 3.05) is 0 Å². The Hall–Kier alpha value is -0.426. The van der Waals surface area contributed by atoms with Gasteiger partial charge in [0.15, 0.2) is 16.6 Å². The smallest absolute Gasteiger partial charge is 0.192 e. The molecule has 0 heterocycles. The van der Waals surface area contributed by atoms with Crippen LogP contribution in [0.25, 0.3) is 0 Å². The summed E-state index contributed by atoms with van der Waals surface area (Å²) < 4.78 is 13.8. The molecular formula is C28H52O2Si2. The molecule has 32 heavy (non-hydrogen) atoms. The predicted molar refractivity (Wildman–Crippen MR) is 146 cm³/mol. The molecule has 184 valence electrons. The van der Waals surface area contributed by atoms with Crippen molar-refractivity contribution in [3.05, 3.63) is 36.0 Å². The zero-order valence-corrected chi connectivity index (χ0v) is 24.9. The van der Waals surface area contributed by atoms with Crippen LogP contribution in [0.15, 0.2) is 36.0 Å². The first-order chi connectivity index (χ1) is 14.5. The fourth-order valence-electron chi connectivity index (χ4n) is 4.21. The van der Waals surface area contributed by atoms with E-state index in [1.807, 2.05) is 0 Å². The third-order valence-corrected chi connectivity index (χ3v) is 17.6. The standard InChI is InChI=1S/C28H52O2Si2/c1-22-24(19-15-18-23-16-13-12-14-17-23)20-25(29-31(8,9)27(2,3)4)21-26(22)30-32(10,11)28(5,6)7/h15,18-19,23,25-26H,1,12-14,16-17,20-21H2,2-11H3/b18-15+,24-19-/t25-,26+/m1/s1. The van der Waals surface area contributed by atoms with E-state index in [4.69, 9.17) is 8.85 Å². The molecule has 0 aromatic heterocycles. The highest BCUT2D eigenvalue weighted by Crippen LogP contribution is 2.44. The maximum atomic E-state index is 6.92. The molecule has 2 rings (SSSR count). The summed E-state index contributed by atoms with van der Waals surface area (Å²) in [4.78, 5) is 0. The Morgan fingerprint density at radius 2 is 1.38 bits per heavy atom. The van der Waals surface area contributed by atoms with E-state index in [9.17, 15) is 0 Å². The van der Waals surface area contributed by atoms with Gasteiger partial charge in [0.2, 0.25) is 0 Å². The van der Waals surface area contributed by atoms with Crippen molar-refractivity contribution in [3.63, 3.8) is 0 Å². The lowest BCUT2D eigenvalue weighted by atomic mass is 9.85. The van der Waals surface area contributed by atoms with Crippen LogP contribution in [0.2, 0.25) is 36.3 Å². The van der Waals surface area contributed by atoms with Crippen molar-refractivity contribution in [1.29, 1.82) is 0 Å². The highest BCUT2D eigenvalue weighted by atomic mass is 28.4. The summed E-state index contributed by atoms with van der Waals surface area (Å²) in [6.07, 6.45) is 16.1. The van der Waals surface area contributed by atoms with E-state index >= 15 is 0 Å². The van der Waals surface area contributed by atoms with Gasteiger partial charge in [0.1, 0.15) is 0 Å². The first-order valence-corrected chi connectivity index (χ1v) is 18.8. The molecule has 0 radical (unpaired) electrons. The van der Waals surface area contributed by atoms with E-state index in [2.05, 4.69) is 92.5 Å². The lowest BCUT2D eigenvalue weighted by molar-refractivity contribution is 0.0970. The van der Waals surface area contributed by atoms with E-state index in [1.165, 1.54) is 43.3 Å². The van der Waals surface area contributed by atoms with Crippen LogP contribution in [0, 0.1) is 5.92 Å². The van der Waals surface area contributed by atoms with Gasteiger partial charge in [-0.15, -0.1) is 0 Å². The average molecular weight is 477 g/mol. The highest BCUT2D eigenvalue weighted by Gasteiger charge is 2.44. The molecule has 4 heteroatoms. The number of hydrogen-bond acceptors (Lipinski definition) is 2. The normalized spacial score (nSPS) is 26.3. The minimum Gasteiger partial charge on any atom is -0.413 e. The van der Waals surface area contributed by atoms with Crippen LogP contribution in [0.1, 0.15) is 86.5 Å². The van der Waals surface area contributed by atoms with Crippen LogP contribution < -0.4 is 0 Å². The Labute approximate surface area is 202 Å². The van der Waals surface area contributed by atoms with Gasteiger partial charge in [0.05, 0.1) is 12.2 Å². The number of hydrogen-bond donors (Lipinski definition) is 0. The fraction of sp³-hybridized carbons (Fsp3) is 0.786. The van der Waals surface area contributed by atoms with E-state index in [-0.39, 0.29) is 22.3 Å². The molecule has 0 amide bonds. The van der Waals surface area contributed by atoms with Crippen molar-refractivity contribution >= 4 is 16.6 Å². The summed E-state index contributed by atoms with van der Waals surface area (Å²) in [5.41, 5.74) is 2.51. The van der Waals surface area contributed by atoms with Crippen molar-refractivity contribution in [1.82, 2.24) is 0 Å². The molecule has 2 aliphatic rings. The third-order valence-electron chi connectivity index (χ3n) is 8.57. The van der Waals surface area contributed by atoms with Crippen LogP contribution in [-0.2, 0) is 8.85 Å². The van der Waals surface area contributed by atoms with Gasteiger partial charge >= 0.3 is 0 Å². The lowest BCUT2D eigenvalue weighted by Crippen LogP contribution is -2.49. The topological polar surface area (TPSA) is 18.5 Å². The van der Waals surface area contributed by atoms with Crippen molar-refractivity contribution in [2.45, 2.75) is 135 Å². The largest absolute Gasteiger partial charge is 0.413 e. The second-order valence-corrected chi connectivity index (χ2v) is 22.8. The molecule has 0 unspecified atom stereocenters. The quantitative estimate of drug-likeness (QED) is 0.356. The summed E-state index contributed by atoms with van der Waals surface area (Å²) in [5, 5.41) is 0.396. The van der Waals surface area contributed by atoms with Crippen LogP contribution in [0.3, 0.4) is 0 Å². The summed E-state index contributed by atoms with van der Waals surface area (Å²) >= 11 is 0. The van der Waals surface area contributed by atoms with Gasteiger partial charge in [-0.1, -0.05) is 85.6 Å². The summed E-state index contributed by atoms with van der Waals surface area (Å²) in [7, 11) is -3.74. The lowest BCUT2D eigenvalue weighted by Gasteiger charge is -2.45. The Kier molecular flexibility index (Phi) is 9.09. The fourth-order valence-corrected chi connectivity index (χ4v) is 6.88. The second kappa shape index (κ2) is 10.5. The Morgan fingerprint density at radius 3 is 1.91 bits per heavy atom. The minimum atomic E-state index is -1.90. The Morgan fingerprint density at radius 1 is 0.844 bits per heavy atom. The van der Waals surface area contributed by atoms with Gasteiger partial charge in [0, 0.05) is 6.42 Å². The maximum Gasteiger partial charge on any atom is 0.192 e. The first-order valence-electron chi connectivity index (χ1n) is 13.0. The molecule has 0 N–H and O–H groups in total. The van der Waals surface area contributed by atoms with E-state index in [1.54, 1.807) is 0 Å². The molecule has 0 spiro atoms. The number of rotatable bonds is 6. The second-order valence-electron chi connectivity index (χ2n) is 13.3. The van der Waals surface area contributed by atoms with E-state index in [0.29, 0.717) is 0 Å². The number of allylic oxidation sites excluding steroid dienone is 3. The molecule has 2 nitrogen and oxygen atoms in total. The zero-order chi connectivity index (χ0) is 24.4. The van der Waals surface area contributed by atoms with Gasteiger partial charge in [0.25, 0.3) is 0 Å². The summed E-state index contributed by atoms with van der Waals surface area (Å²) in [5.74, 6) is 0.746. The summed E-state index contributed by atoms with van der Waals surface area (Å²) in [6.45, 7) is 27.9. The molecule has 2 saturated carbocycles. The van der Waals surface area contributed by atoms with E-state index < -0.39 is 16.6 Å². The molecule has 0 saturated heterocycles. The molecule has 2 fully saturated rings. The molecule has 2 aliphatic carbocycles. The predicted octanol–water partition coefficient (Wildman–Crippen LogP) is 9.18. The van der Waals surface area contributed by atoms with Gasteiger partial charge in [-0.3, -0.25) is 0 Å². The van der Waals surface area contributed by atoms with Crippen molar-refractivity contribution < 1.29 is 8.85 Å². The van der Waals surface area contributed by atoms with Gasteiger partial charge in [-0.25, -0.2) is 0 Å². The van der Waals surface area contributed by atoms with Crippen LogP contribution in [-0.4, -0.2) is 28.8 Å². The maximum absolute atomic E-state index is 6.92.